The summed E-state index contributed by atoms with van der Waals surface area (Å²) in [6, 6.07) is 7.23. The summed E-state index contributed by atoms with van der Waals surface area (Å²) in [6.07, 6.45) is 4.49. The Bertz CT molecular complexity index is 466. The minimum absolute atomic E-state index is 0.447. The predicted molar refractivity (Wildman–Crippen MR) is 62.9 cm³/mol. The molecule has 1 aromatic carbocycles. The minimum atomic E-state index is 0.447. The summed E-state index contributed by atoms with van der Waals surface area (Å²) in [4.78, 5) is 5.37. The molecule has 0 amide bonds. The summed E-state index contributed by atoms with van der Waals surface area (Å²) in [5.74, 6) is 0. The van der Waals surface area contributed by atoms with Gasteiger partial charge in [0.25, 0.3) is 0 Å². The highest BCUT2D eigenvalue weighted by atomic mass is 15.1. The van der Waals surface area contributed by atoms with Crippen LogP contribution >= 0.6 is 0 Å². The Morgan fingerprint density at radius 1 is 1.25 bits per heavy atom. The van der Waals surface area contributed by atoms with Crippen LogP contribution in [0.3, 0.4) is 0 Å². The molecule has 0 N–H and O–H groups in total. The Balaban J connectivity index is 2.62. The maximum Gasteiger partial charge on any atom is 0.0381 e. The molecule has 0 aliphatic heterocycles. The molecule has 80 valence electrons. The van der Waals surface area contributed by atoms with E-state index in [-0.39, 0.29) is 0 Å². The number of hydrogen-bond acceptors (Lipinski definition) is 2. The summed E-state index contributed by atoms with van der Waals surface area (Å²) in [5.41, 5.74) is 17.9. The fourth-order valence-corrected chi connectivity index (χ4v) is 1.14. The SMILES string of the molecule is [N-]=[N+]=NCCC=Cc1cccc(N=[N+]=[N-])c1. The fourth-order valence-electron chi connectivity index (χ4n) is 1.14. The molecular formula is C10H10N6. The van der Waals surface area contributed by atoms with Crippen molar-refractivity contribution in [1.82, 2.24) is 0 Å². The van der Waals surface area contributed by atoms with Crippen LogP contribution in [0.1, 0.15) is 12.0 Å². The fraction of sp³-hybridized carbons (Fsp3) is 0.200. The van der Waals surface area contributed by atoms with Crippen molar-refractivity contribution < 1.29 is 0 Å². The van der Waals surface area contributed by atoms with E-state index in [9.17, 15) is 0 Å². The molecule has 16 heavy (non-hydrogen) atoms. The Hall–Kier alpha value is -2.42. The zero-order chi connectivity index (χ0) is 11.6. The third-order valence-corrected chi connectivity index (χ3v) is 1.80. The molecule has 6 nitrogen and oxygen atoms in total. The number of azide groups is 2. The maximum absolute atomic E-state index is 8.28. The van der Waals surface area contributed by atoms with Crippen molar-refractivity contribution in [3.05, 3.63) is 56.8 Å². The molecule has 0 bridgehead atoms. The normalized spacial score (nSPS) is 9.50. The van der Waals surface area contributed by atoms with Crippen LogP contribution in [0.2, 0.25) is 0 Å². The summed E-state index contributed by atoms with van der Waals surface area (Å²) < 4.78 is 0. The van der Waals surface area contributed by atoms with Crippen LogP contribution in [0.4, 0.5) is 5.69 Å². The molecule has 0 saturated carbocycles. The molecule has 0 heterocycles. The molecule has 0 radical (unpaired) electrons. The number of nitrogens with zero attached hydrogens (tertiary/aromatic N) is 6. The molecule has 1 aromatic rings. The Kier molecular flexibility index (Phi) is 5.06. The van der Waals surface area contributed by atoms with E-state index in [1.54, 1.807) is 12.1 Å². The van der Waals surface area contributed by atoms with Crippen LogP contribution in [0.15, 0.2) is 40.6 Å². The van der Waals surface area contributed by atoms with Crippen molar-refractivity contribution >= 4 is 11.8 Å². The summed E-state index contributed by atoms with van der Waals surface area (Å²) >= 11 is 0. The van der Waals surface area contributed by atoms with Crippen molar-refractivity contribution in [2.75, 3.05) is 6.54 Å². The monoisotopic (exact) mass is 214 g/mol. The molecule has 0 fully saturated rings. The van der Waals surface area contributed by atoms with Crippen molar-refractivity contribution in [2.45, 2.75) is 6.42 Å². The molecule has 0 unspecified atom stereocenters. The smallest absolute Gasteiger partial charge is 0.0381 e. The third kappa shape index (κ3) is 4.19. The minimum Gasteiger partial charge on any atom is -0.0937 e. The Morgan fingerprint density at radius 2 is 2.12 bits per heavy atom. The van der Waals surface area contributed by atoms with Gasteiger partial charge in [0.1, 0.15) is 0 Å². The highest BCUT2D eigenvalue weighted by Crippen LogP contribution is 2.15. The van der Waals surface area contributed by atoms with Crippen LogP contribution in [-0.4, -0.2) is 6.54 Å². The van der Waals surface area contributed by atoms with Crippen molar-refractivity contribution in [3.8, 4) is 0 Å². The van der Waals surface area contributed by atoms with Gasteiger partial charge in [-0.25, -0.2) is 0 Å². The van der Waals surface area contributed by atoms with E-state index in [1.807, 2.05) is 24.3 Å². The lowest BCUT2D eigenvalue weighted by molar-refractivity contribution is 0.996. The second-order valence-corrected chi connectivity index (χ2v) is 2.93. The maximum atomic E-state index is 8.28. The van der Waals surface area contributed by atoms with E-state index < -0.39 is 0 Å². The van der Waals surface area contributed by atoms with Crippen molar-refractivity contribution in [3.63, 3.8) is 0 Å². The van der Waals surface area contributed by atoms with Crippen LogP contribution < -0.4 is 0 Å². The molecule has 0 atom stereocenters. The average molecular weight is 214 g/mol. The first-order chi connectivity index (χ1) is 7.86. The van der Waals surface area contributed by atoms with Gasteiger partial charge in [0, 0.05) is 22.1 Å². The zero-order valence-electron chi connectivity index (χ0n) is 8.56. The number of rotatable bonds is 5. The standard InChI is InChI=1S/C10H10N6/c11-15-13-7-2-1-4-9-5-3-6-10(8-9)14-16-12/h1,3-6,8H,2,7H2. The van der Waals surface area contributed by atoms with Gasteiger partial charge in [-0.2, -0.15) is 0 Å². The van der Waals surface area contributed by atoms with Gasteiger partial charge in [0.15, 0.2) is 0 Å². The van der Waals surface area contributed by atoms with E-state index >= 15 is 0 Å². The summed E-state index contributed by atoms with van der Waals surface area (Å²) in [7, 11) is 0. The van der Waals surface area contributed by atoms with Gasteiger partial charge in [-0.3, -0.25) is 0 Å². The first-order valence-corrected chi connectivity index (χ1v) is 4.69. The van der Waals surface area contributed by atoms with Crippen LogP contribution in [0.25, 0.3) is 27.0 Å². The van der Waals surface area contributed by atoms with E-state index in [0.717, 1.165) is 5.56 Å². The van der Waals surface area contributed by atoms with E-state index in [0.29, 0.717) is 18.7 Å². The highest BCUT2D eigenvalue weighted by Gasteiger charge is 1.89. The van der Waals surface area contributed by atoms with E-state index in [4.69, 9.17) is 11.1 Å². The van der Waals surface area contributed by atoms with Gasteiger partial charge < -0.3 is 0 Å². The molecule has 0 aliphatic rings. The molecular weight excluding hydrogens is 204 g/mol. The van der Waals surface area contributed by atoms with Crippen LogP contribution in [0, 0.1) is 0 Å². The molecule has 6 heteroatoms. The van der Waals surface area contributed by atoms with Gasteiger partial charge in [-0.05, 0) is 29.1 Å². The second-order valence-electron chi connectivity index (χ2n) is 2.93. The second kappa shape index (κ2) is 6.95. The third-order valence-electron chi connectivity index (χ3n) is 1.80. The average Bonchev–Trinajstić information content (AvgIpc) is 2.30. The predicted octanol–water partition coefficient (Wildman–Crippen LogP) is 4.34. The molecule has 0 aromatic heterocycles. The van der Waals surface area contributed by atoms with Gasteiger partial charge >= 0.3 is 0 Å². The number of hydrogen-bond donors (Lipinski definition) is 0. The van der Waals surface area contributed by atoms with Gasteiger partial charge in [-0.1, -0.05) is 40.6 Å². The Labute approximate surface area is 92.5 Å². The largest absolute Gasteiger partial charge is 0.0937 e. The first-order valence-electron chi connectivity index (χ1n) is 4.69. The van der Waals surface area contributed by atoms with E-state index in [1.165, 1.54) is 0 Å². The molecule has 0 aliphatic carbocycles. The quantitative estimate of drug-likeness (QED) is 0.301. The lowest BCUT2D eigenvalue weighted by Gasteiger charge is -1.94. The van der Waals surface area contributed by atoms with Crippen LogP contribution in [-0.2, 0) is 0 Å². The van der Waals surface area contributed by atoms with E-state index in [2.05, 4.69) is 20.1 Å². The van der Waals surface area contributed by atoms with Gasteiger partial charge in [0.2, 0.25) is 0 Å². The lowest BCUT2D eigenvalue weighted by Crippen LogP contribution is -1.74. The first kappa shape index (κ1) is 11.7. The highest BCUT2D eigenvalue weighted by molar-refractivity contribution is 5.55. The zero-order valence-corrected chi connectivity index (χ0v) is 8.56. The molecule has 0 saturated heterocycles. The van der Waals surface area contributed by atoms with Gasteiger partial charge in [0.05, 0.1) is 0 Å². The van der Waals surface area contributed by atoms with Gasteiger partial charge in [-0.15, -0.1) is 0 Å². The Morgan fingerprint density at radius 3 is 2.88 bits per heavy atom. The molecule has 1 rings (SSSR count). The van der Waals surface area contributed by atoms with Crippen molar-refractivity contribution in [2.24, 2.45) is 10.2 Å². The lowest BCUT2D eigenvalue weighted by atomic mass is 10.2. The topological polar surface area (TPSA) is 97.5 Å². The number of benzene rings is 1. The van der Waals surface area contributed by atoms with Crippen molar-refractivity contribution in [1.29, 1.82) is 0 Å². The molecule has 0 spiro atoms. The summed E-state index contributed by atoms with van der Waals surface area (Å²) in [5, 5.41) is 6.92. The van der Waals surface area contributed by atoms with Crippen LogP contribution in [0.5, 0.6) is 0 Å². The summed E-state index contributed by atoms with van der Waals surface area (Å²) in [6.45, 7) is 0.447.